The van der Waals surface area contributed by atoms with Gasteiger partial charge in [-0.3, -0.25) is 0 Å². The number of hydrogen-bond acceptors (Lipinski definition) is 0. The van der Waals surface area contributed by atoms with Crippen LogP contribution in [0.25, 0.3) is 33.6 Å². The van der Waals surface area contributed by atoms with E-state index in [0.717, 1.165) is 0 Å². The van der Waals surface area contributed by atoms with Gasteiger partial charge in [-0.25, -0.2) is 0 Å². The molecule has 0 atom stereocenters. The lowest BCUT2D eigenvalue weighted by molar-refractivity contribution is -0.596. The van der Waals surface area contributed by atoms with Crippen LogP contribution in [-0.4, -0.2) is 14.5 Å². The first-order chi connectivity index (χ1) is 21.5. The summed E-state index contributed by atoms with van der Waals surface area (Å²) in [6.07, 6.45) is 8.70. The number of nitrogens with zero attached hydrogens (tertiary/aromatic N) is 2. The summed E-state index contributed by atoms with van der Waals surface area (Å²) in [7, 11) is -12.0. The molecule has 0 bridgehead atoms. The van der Waals surface area contributed by atoms with Gasteiger partial charge in [-0.2, -0.15) is 9.13 Å². The average Bonchev–Trinajstić information content (AvgIpc) is 2.99. The molecule has 5 rings (SSSR count). The van der Waals surface area contributed by atoms with Crippen molar-refractivity contribution in [1.29, 1.82) is 0 Å². The van der Waals surface area contributed by atoms with E-state index < -0.39 is 14.5 Å². The summed E-state index contributed by atoms with van der Waals surface area (Å²) in [5.41, 5.74) is 10.1. The molecular weight excluding hydrogens is 610 g/mol. The molecule has 0 saturated heterocycles. The Morgan fingerprint density at radius 3 is 0.957 bits per heavy atom. The van der Waals surface area contributed by atoms with Gasteiger partial charge in [0.25, 0.3) is 0 Å². The average molecular weight is 644 g/mol. The van der Waals surface area contributed by atoms with Crippen molar-refractivity contribution < 1.29 is 43.7 Å². The lowest BCUT2D eigenvalue weighted by Crippen LogP contribution is -2.31. The van der Waals surface area contributed by atoms with Gasteiger partial charge in [-0.05, 0) is 34.1 Å². The summed E-state index contributed by atoms with van der Waals surface area (Å²) >= 11 is 0. The fourth-order valence-electron chi connectivity index (χ4n) is 4.94. The van der Waals surface area contributed by atoms with Crippen LogP contribution in [0.2, 0.25) is 0 Å². The molecule has 3 aromatic carbocycles. The van der Waals surface area contributed by atoms with Crippen molar-refractivity contribution in [2.24, 2.45) is 0 Å². The normalized spacial score (nSPS) is 11.4. The van der Waals surface area contributed by atoms with Gasteiger partial charge in [0.05, 0.1) is 0 Å². The van der Waals surface area contributed by atoms with E-state index in [9.17, 15) is 34.5 Å². The van der Waals surface area contributed by atoms with E-state index in [1.807, 2.05) is 0 Å². The monoisotopic (exact) mass is 644 g/mol. The molecule has 0 aliphatic heterocycles. The fourth-order valence-corrected chi connectivity index (χ4v) is 4.94. The van der Waals surface area contributed by atoms with Crippen LogP contribution in [0.5, 0.6) is 0 Å². The van der Waals surface area contributed by atoms with Gasteiger partial charge in [0.2, 0.25) is 11.4 Å². The molecule has 242 valence electrons. The Morgan fingerprint density at radius 2 is 0.674 bits per heavy atom. The van der Waals surface area contributed by atoms with E-state index in [1.54, 1.807) is 0 Å². The second-order valence-corrected chi connectivity index (χ2v) is 11.0. The zero-order chi connectivity index (χ0) is 34.1. The van der Waals surface area contributed by atoms with Crippen molar-refractivity contribution in [1.82, 2.24) is 0 Å². The third-order valence-corrected chi connectivity index (χ3v) is 6.88. The van der Waals surface area contributed by atoms with Crippen molar-refractivity contribution in [3.8, 4) is 33.6 Å². The largest absolute Gasteiger partial charge is 0.673 e. The van der Waals surface area contributed by atoms with Crippen LogP contribution in [0.4, 0.5) is 34.5 Å². The predicted octanol–water partition coefficient (Wildman–Crippen LogP) is 10.4. The summed E-state index contributed by atoms with van der Waals surface area (Å²) in [6, 6.07) is 34.8. The van der Waals surface area contributed by atoms with Crippen LogP contribution in [0, 0.1) is 0 Å². The van der Waals surface area contributed by atoms with Gasteiger partial charge in [0.1, 0.15) is 0 Å². The van der Waals surface area contributed by atoms with Crippen LogP contribution in [-0.2, 0) is 0 Å². The Bertz CT molecular complexity index is 1550. The van der Waals surface area contributed by atoms with Crippen LogP contribution < -0.4 is 9.13 Å². The molecule has 46 heavy (non-hydrogen) atoms. The molecule has 2 nitrogen and oxygen atoms in total. The maximum Gasteiger partial charge on any atom is 0.673 e. The van der Waals surface area contributed by atoms with Gasteiger partial charge < -0.3 is 34.5 Å². The topological polar surface area (TPSA) is 7.76 Å². The zero-order valence-corrected chi connectivity index (χ0v) is 25.8. The molecular formula is C34H34B2F8N2. The van der Waals surface area contributed by atoms with E-state index >= 15 is 0 Å². The highest BCUT2D eigenvalue weighted by Crippen LogP contribution is 2.31. The minimum atomic E-state index is -6.00. The fraction of sp³-hybridized carbons (Fsp3) is 0.176. The number of hydrogen-bond donors (Lipinski definition) is 0. The first-order valence-electron chi connectivity index (χ1n) is 14.6. The van der Waals surface area contributed by atoms with E-state index in [-0.39, 0.29) is 0 Å². The van der Waals surface area contributed by atoms with E-state index in [4.69, 9.17) is 0 Å². The highest BCUT2D eigenvalue weighted by molar-refractivity contribution is 6.50. The minimum absolute atomic E-state index is 0.474. The number of aromatic nitrogens is 2. The lowest BCUT2D eigenvalue weighted by Gasteiger charge is -2.11. The predicted molar refractivity (Wildman–Crippen MR) is 169 cm³/mol. The molecule has 0 radical (unpaired) electrons. The first-order valence-corrected chi connectivity index (χ1v) is 14.6. The van der Waals surface area contributed by atoms with Gasteiger partial charge in [0, 0.05) is 47.5 Å². The quantitative estimate of drug-likeness (QED) is 0.0988. The van der Waals surface area contributed by atoms with Crippen LogP contribution in [0.1, 0.15) is 50.7 Å². The molecule has 0 aliphatic rings. The lowest BCUT2D eigenvalue weighted by atomic mass is 9.95. The molecule has 0 aliphatic carbocycles. The summed E-state index contributed by atoms with van der Waals surface area (Å²) < 4.78 is 82.4. The number of benzene rings is 3. The van der Waals surface area contributed by atoms with E-state index in [1.165, 1.54) is 44.8 Å². The Hall–Kier alpha value is -4.47. The van der Waals surface area contributed by atoms with E-state index in [0.29, 0.717) is 11.8 Å². The third kappa shape index (κ3) is 11.2. The second kappa shape index (κ2) is 15.7. The molecule has 0 saturated carbocycles. The third-order valence-electron chi connectivity index (χ3n) is 6.88. The van der Waals surface area contributed by atoms with Gasteiger partial charge in [-0.1, -0.05) is 88.4 Å². The number of para-hydroxylation sites is 2. The van der Waals surface area contributed by atoms with E-state index in [2.05, 4.69) is 159 Å². The first kappa shape index (κ1) is 36.0. The second-order valence-electron chi connectivity index (χ2n) is 11.0. The molecule has 12 heteroatoms. The van der Waals surface area contributed by atoms with Crippen molar-refractivity contribution >= 4 is 14.5 Å². The standard InChI is InChI=1S/C34H34N2.2BF4/c1-25(2)29-11-7-9-15-33(29)35-21-17-27(18-22-35)31-13-5-6-14-32(31)28-19-23-36(24-20-28)34-16-10-8-12-30(34)26(3)4;2*2-1(3,4)5/h5-26H,1-4H3;;/q+2;2*-1. The summed E-state index contributed by atoms with van der Waals surface area (Å²) in [4.78, 5) is 0. The van der Waals surface area contributed by atoms with Crippen LogP contribution >= 0.6 is 0 Å². The van der Waals surface area contributed by atoms with Gasteiger partial charge >= 0.3 is 14.5 Å². The smallest absolute Gasteiger partial charge is 0.418 e. The Kier molecular flexibility index (Phi) is 12.3. The molecule has 0 N–H and O–H groups in total. The molecule has 5 aromatic rings. The molecule has 0 spiro atoms. The number of rotatable bonds is 6. The Balaban J connectivity index is 0.000000503. The van der Waals surface area contributed by atoms with Crippen molar-refractivity contribution in [2.75, 3.05) is 0 Å². The molecule has 0 fully saturated rings. The van der Waals surface area contributed by atoms with Crippen LogP contribution in [0.3, 0.4) is 0 Å². The molecule has 0 unspecified atom stereocenters. The summed E-state index contributed by atoms with van der Waals surface area (Å²) in [5, 5.41) is 0. The minimum Gasteiger partial charge on any atom is -0.418 e. The highest BCUT2D eigenvalue weighted by Gasteiger charge is 2.21. The SMILES string of the molecule is CC(C)c1ccccc1-[n+]1ccc(-c2ccccc2-c2cc[n+](-c3ccccc3C(C)C)cc2)cc1.F[B-](F)(F)F.F[B-](F)(F)F. The maximum absolute atomic E-state index is 9.75. The molecule has 2 heterocycles. The van der Waals surface area contributed by atoms with Crippen LogP contribution in [0.15, 0.2) is 122 Å². The van der Waals surface area contributed by atoms with Crippen molar-refractivity contribution in [2.45, 2.75) is 39.5 Å². The Morgan fingerprint density at radius 1 is 0.413 bits per heavy atom. The number of pyridine rings is 2. The van der Waals surface area contributed by atoms with Crippen molar-refractivity contribution in [3.05, 3.63) is 133 Å². The zero-order valence-electron chi connectivity index (χ0n) is 25.8. The summed E-state index contributed by atoms with van der Waals surface area (Å²) in [5.74, 6) is 0.949. The summed E-state index contributed by atoms with van der Waals surface area (Å²) in [6.45, 7) is 8.98. The van der Waals surface area contributed by atoms with Crippen molar-refractivity contribution in [3.63, 3.8) is 0 Å². The van der Waals surface area contributed by atoms with Gasteiger partial charge in [0.15, 0.2) is 24.8 Å². The Labute approximate surface area is 264 Å². The molecule has 2 aromatic heterocycles. The highest BCUT2D eigenvalue weighted by atomic mass is 19.5. The molecule has 0 amide bonds. The maximum atomic E-state index is 9.75. The number of halogens is 8. The van der Waals surface area contributed by atoms with Gasteiger partial charge in [-0.15, -0.1) is 0 Å².